The summed E-state index contributed by atoms with van der Waals surface area (Å²) in [7, 11) is 0. The first kappa shape index (κ1) is 21.3. The number of hydrogen-bond acceptors (Lipinski definition) is 3. The molecule has 2 saturated heterocycles. The van der Waals surface area contributed by atoms with Crippen LogP contribution in [0.2, 0.25) is 0 Å². The molecule has 0 radical (unpaired) electrons. The molecule has 0 aromatic rings. The maximum atomic E-state index is 14.1. The van der Waals surface area contributed by atoms with Crippen LogP contribution in [0.1, 0.15) is 59.8 Å². The van der Waals surface area contributed by atoms with E-state index in [0.717, 1.165) is 45.2 Å². The average molecular weight is 398 g/mol. The molecule has 3 aliphatic rings. The van der Waals surface area contributed by atoms with Gasteiger partial charge in [-0.3, -0.25) is 9.69 Å². The molecule has 0 bridgehead atoms. The molecule has 3 fully saturated rings. The van der Waals surface area contributed by atoms with E-state index >= 15 is 0 Å². The van der Waals surface area contributed by atoms with Crippen LogP contribution in [0.25, 0.3) is 0 Å². The van der Waals surface area contributed by atoms with E-state index in [1.54, 1.807) is 9.80 Å². The normalized spacial score (nSPS) is 31.8. The Morgan fingerprint density at radius 3 is 2.36 bits per heavy atom. The summed E-state index contributed by atoms with van der Waals surface area (Å²) in [5.74, 6) is 0.500. The number of carbonyl (C=O) groups is 2. The number of piperidine rings is 1. The third kappa shape index (κ3) is 4.14. The summed E-state index contributed by atoms with van der Waals surface area (Å²) in [5.41, 5.74) is -1.22. The molecule has 3 atom stereocenters. The standard InChI is InChI=1S/C21H36FN3O3/c1-5-17-18(12-21(17)8-11-24(14-21)19(27)28)23-9-6-16(7-10-23)25(15(2)26)13-20(3,4)22/h16-18H,5-14H2,1-4H3,(H,27,28). The van der Waals surface area contributed by atoms with Crippen LogP contribution in [-0.2, 0) is 4.79 Å². The van der Waals surface area contributed by atoms with Crippen molar-refractivity contribution in [2.75, 3.05) is 32.7 Å². The molecule has 6 nitrogen and oxygen atoms in total. The number of hydrogen-bond donors (Lipinski definition) is 1. The van der Waals surface area contributed by atoms with E-state index < -0.39 is 11.8 Å². The van der Waals surface area contributed by atoms with E-state index in [4.69, 9.17) is 0 Å². The highest BCUT2D eigenvalue weighted by molar-refractivity contribution is 5.73. The lowest BCUT2D eigenvalue weighted by atomic mass is 9.54. The first-order chi connectivity index (χ1) is 13.1. The predicted octanol–water partition coefficient (Wildman–Crippen LogP) is 3.22. The van der Waals surface area contributed by atoms with Crippen molar-refractivity contribution in [3.63, 3.8) is 0 Å². The van der Waals surface area contributed by atoms with Crippen LogP contribution in [-0.4, -0.2) is 82.3 Å². The van der Waals surface area contributed by atoms with Crippen LogP contribution < -0.4 is 0 Å². The Kier molecular flexibility index (Phi) is 5.95. The second-order valence-corrected chi connectivity index (χ2v) is 9.74. The van der Waals surface area contributed by atoms with E-state index in [0.29, 0.717) is 25.0 Å². The lowest BCUT2D eigenvalue weighted by Gasteiger charge is -2.58. The lowest BCUT2D eigenvalue weighted by Crippen LogP contribution is -2.62. The van der Waals surface area contributed by atoms with Crippen LogP contribution >= 0.6 is 0 Å². The van der Waals surface area contributed by atoms with Gasteiger partial charge in [0.25, 0.3) is 0 Å². The van der Waals surface area contributed by atoms with Crippen molar-refractivity contribution in [1.82, 2.24) is 14.7 Å². The Balaban J connectivity index is 1.57. The van der Waals surface area contributed by atoms with Gasteiger partial charge in [0.1, 0.15) is 5.67 Å². The maximum absolute atomic E-state index is 14.1. The van der Waals surface area contributed by atoms with Crippen molar-refractivity contribution in [3.05, 3.63) is 0 Å². The van der Waals surface area contributed by atoms with Crippen molar-refractivity contribution >= 4 is 12.0 Å². The second-order valence-electron chi connectivity index (χ2n) is 9.74. The van der Waals surface area contributed by atoms with Gasteiger partial charge in [-0.25, -0.2) is 9.18 Å². The van der Waals surface area contributed by atoms with Gasteiger partial charge < -0.3 is 14.9 Å². The highest BCUT2D eigenvalue weighted by atomic mass is 19.1. The van der Waals surface area contributed by atoms with Gasteiger partial charge in [0.15, 0.2) is 0 Å². The number of carbonyl (C=O) groups excluding carboxylic acids is 1. The van der Waals surface area contributed by atoms with Crippen molar-refractivity contribution in [3.8, 4) is 0 Å². The SMILES string of the molecule is CCC1C(N2CCC(N(CC(C)(C)F)C(C)=O)CC2)CC12CCN(C(=O)O)C2. The summed E-state index contributed by atoms with van der Waals surface area (Å²) >= 11 is 0. The van der Waals surface area contributed by atoms with Gasteiger partial charge in [0.05, 0.1) is 6.54 Å². The quantitative estimate of drug-likeness (QED) is 0.774. The zero-order chi connectivity index (χ0) is 20.7. The second kappa shape index (κ2) is 7.81. The Bertz CT molecular complexity index is 600. The summed E-state index contributed by atoms with van der Waals surface area (Å²) in [4.78, 5) is 29.2. The summed E-state index contributed by atoms with van der Waals surface area (Å²) in [6, 6.07) is 0.634. The van der Waals surface area contributed by atoms with Crippen molar-refractivity contribution < 1.29 is 19.1 Å². The van der Waals surface area contributed by atoms with Gasteiger partial charge in [0.2, 0.25) is 5.91 Å². The number of amides is 2. The van der Waals surface area contributed by atoms with Crippen LogP contribution in [0.15, 0.2) is 0 Å². The van der Waals surface area contributed by atoms with Gasteiger partial charge in [-0.1, -0.05) is 13.3 Å². The molecule has 2 amide bonds. The molecule has 28 heavy (non-hydrogen) atoms. The van der Waals surface area contributed by atoms with E-state index in [1.807, 2.05) is 0 Å². The zero-order valence-electron chi connectivity index (χ0n) is 17.8. The van der Waals surface area contributed by atoms with Gasteiger partial charge >= 0.3 is 6.09 Å². The highest BCUT2D eigenvalue weighted by Gasteiger charge is 2.58. The van der Waals surface area contributed by atoms with Crippen LogP contribution in [0.4, 0.5) is 9.18 Å². The topological polar surface area (TPSA) is 64.1 Å². The van der Waals surface area contributed by atoms with Gasteiger partial charge in [0, 0.05) is 45.2 Å². The fraction of sp³-hybridized carbons (Fsp3) is 0.905. The first-order valence-electron chi connectivity index (χ1n) is 10.7. The number of rotatable bonds is 5. The van der Waals surface area contributed by atoms with E-state index in [2.05, 4.69) is 11.8 Å². The molecule has 160 valence electrons. The smallest absolute Gasteiger partial charge is 0.407 e. The third-order valence-electron chi connectivity index (χ3n) is 7.32. The molecule has 0 aromatic heterocycles. The van der Waals surface area contributed by atoms with Crippen molar-refractivity contribution in [2.45, 2.75) is 77.6 Å². The molecule has 2 aliphatic heterocycles. The molecule has 1 spiro atoms. The number of carboxylic acid groups (broad SMARTS) is 1. The summed E-state index contributed by atoms with van der Waals surface area (Å²) < 4.78 is 14.1. The molecule has 0 aromatic carbocycles. The highest BCUT2D eigenvalue weighted by Crippen LogP contribution is 2.56. The van der Waals surface area contributed by atoms with E-state index in [1.165, 1.54) is 20.8 Å². The Hall–Kier alpha value is -1.37. The van der Waals surface area contributed by atoms with Crippen LogP contribution in [0.5, 0.6) is 0 Å². The number of halogens is 1. The average Bonchev–Trinajstić information content (AvgIpc) is 3.05. The zero-order valence-corrected chi connectivity index (χ0v) is 17.8. The van der Waals surface area contributed by atoms with Crippen LogP contribution in [0.3, 0.4) is 0 Å². The van der Waals surface area contributed by atoms with Gasteiger partial charge in [-0.15, -0.1) is 0 Å². The van der Waals surface area contributed by atoms with Gasteiger partial charge in [-0.2, -0.15) is 0 Å². The minimum absolute atomic E-state index is 0.0436. The predicted molar refractivity (Wildman–Crippen MR) is 106 cm³/mol. The van der Waals surface area contributed by atoms with E-state index in [-0.39, 0.29) is 23.9 Å². The summed E-state index contributed by atoms with van der Waals surface area (Å²) in [5, 5.41) is 9.30. The third-order valence-corrected chi connectivity index (χ3v) is 7.32. The molecule has 3 rings (SSSR count). The molecule has 1 N–H and O–H groups in total. The fourth-order valence-electron chi connectivity index (χ4n) is 6.01. The minimum Gasteiger partial charge on any atom is -0.465 e. The molecule has 1 aliphatic carbocycles. The fourth-order valence-corrected chi connectivity index (χ4v) is 6.01. The minimum atomic E-state index is -1.38. The summed E-state index contributed by atoms with van der Waals surface area (Å²) in [6.07, 6.45) is 4.11. The first-order valence-corrected chi connectivity index (χ1v) is 10.7. The molecule has 2 heterocycles. The lowest BCUT2D eigenvalue weighted by molar-refractivity contribution is -0.135. The van der Waals surface area contributed by atoms with Crippen molar-refractivity contribution in [1.29, 1.82) is 0 Å². The molecular weight excluding hydrogens is 361 g/mol. The number of alkyl halides is 1. The monoisotopic (exact) mass is 397 g/mol. The number of likely N-dealkylation sites (tertiary alicyclic amines) is 2. The van der Waals surface area contributed by atoms with E-state index in [9.17, 15) is 19.1 Å². The van der Waals surface area contributed by atoms with Gasteiger partial charge in [-0.05, 0) is 50.9 Å². The largest absolute Gasteiger partial charge is 0.465 e. The molecule has 3 unspecified atom stereocenters. The molecular formula is C21H36FN3O3. The Morgan fingerprint density at radius 2 is 1.89 bits per heavy atom. The summed E-state index contributed by atoms with van der Waals surface area (Å²) in [6.45, 7) is 10.2. The Labute approximate surface area is 168 Å². The maximum Gasteiger partial charge on any atom is 0.407 e. The van der Waals surface area contributed by atoms with Crippen LogP contribution in [0, 0.1) is 11.3 Å². The Morgan fingerprint density at radius 1 is 1.25 bits per heavy atom. The number of nitrogens with zero attached hydrogens (tertiary/aromatic N) is 3. The van der Waals surface area contributed by atoms with Crippen molar-refractivity contribution in [2.24, 2.45) is 11.3 Å². The molecule has 1 saturated carbocycles. The molecule has 7 heteroatoms.